The van der Waals surface area contributed by atoms with Crippen molar-refractivity contribution in [3.05, 3.63) is 51.2 Å². The lowest BCUT2D eigenvalue weighted by Gasteiger charge is -2.14. The van der Waals surface area contributed by atoms with Crippen LogP contribution in [0.5, 0.6) is 5.75 Å². The maximum Gasteiger partial charge on any atom is 0.174 e. The Bertz CT molecular complexity index is 603. The summed E-state index contributed by atoms with van der Waals surface area (Å²) in [6.45, 7) is 3.12. The second-order valence-electron chi connectivity index (χ2n) is 4.65. The Morgan fingerprint density at radius 1 is 1.29 bits per heavy atom. The highest BCUT2D eigenvalue weighted by Gasteiger charge is 2.05. The lowest BCUT2D eigenvalue weighted by Crippen LogP contribution is -2.21. The fourth-order valence-electron chi connectivity index (χ4n) is 1.98. The lowest BCUT2D eigenvalue weighted by atomic mass is 10.1. The van der Waals surface area contributed by atoms with E-state index in [2.05, 4.69) is 18.3 Å². The summed E-state index contributed by atoms with van der Waals surface area (Å²) in [5.74, 6) is 0.723. The molecule has 1 aromatic carbocycles. The van der Waals surface area contributed by atoms with Crippen molar-refractivity contribution in [3.8, 4) is 11.8 Å². The molecule has 1 N–H and O–H groups in total. The molecule has 5 heteroatoms. The van der Waals surface area contributed by atoms with Gasteiger partial charge in [-0.05, 0) is 43.2 Å². The van der Waals surface area contributed by atoms with Crippen LogP contribution in [0.2, 0.25) is 4.34 Å². The molecule has 0 saturated heterocycles. The molecule has 0 aliphatic carbocycles. The summed E-state index contributed by atoms with van der Waals surface area (Å²) < 4.78 is 6.08. The van der Waals surface area contributed by atoms with Crippen molar-refractivity contribution < 1.29 is 4.74 Å². The minimum atomic E-state index is 0.0799. The highest BCUT2D eigenvalue weighted by molar-refractivity contribution is 7.16. The summed E-state index contributed by atoms with van der Waals surface area (Å²) in [6, 6.07) is 14.1. The quantitative estimate of drug-likeness (QED) is 0.831. The van der Waals surface area contributed by atoms with Crippen LogP contribution < -0.4 is 10.1 Å². The fraction of sp³-hybridized carbons (Fsp3) is 0.312. The summed E-state index contributed by atoms with van der Waals surface area (Å²) in [5, 5.41) is 12.0. The predicted octanol–water partition coefficient (Wildman–Crippen LogP) is 4.20. The van der Waals surface area contributed by atoms with Crippen LogP contribution in [0.4, 0.5) is 0 Å². The second-order valence-corrected chi connectivity index (χ2v) is 6.45. The van der Waals surface area contributed by atoms with Crippen molar-refractivity contribution in [2.45, 2.75) is 19.4 Å². The van der Waals surface area contributed by atoms with E-state index < -0.39 is 0 Å². The molecule has 0 amide bonds. The van der Waals surface area contributed by atoms with E-state index >= 15 is 0 Å². The minimum absolute atomic E-state index is 0.0799. The Labute approximate surface area is 134 Å². The smallest absolute Gasteiger partial charge is 0.174 e. The number of halogens is 1. The number of hydrogen-bond acceptors (Lipinski definition) is 4. The predicted molar refractivity (Wildman–Crippen MR) is 87.0 cm³/mol. The Balaban J connectivity index is 1.80. The summed E-state index contributed by atoms with van der Waals surface area (Å²) in [6.07, 6.45) is 0.977. The third-order valence-electron chi connectivity index (χ3n) is 3.13. The topological polar surface area (TPSA) is 45.0 Å². The molecule has 0 radical (unpaired) electrons. The monoisotopic (exact) mass is 320 g/mol. The van der Waals surface area contributed by atoms with Gasteiger partial charge in [-0.1, -0.05) is 23.7 Å². The second kappa shape index (κ2) is 8.04. The number of thiophene rings is 1. The Morgan fingerprint density at radius 2 is 2.05 bits per heavy atom. The number of hydrogen-bond donors (Lipinski definition) is 1. The molecule has 1 aromatic heterocycles. The first-order valence-electron chi connectivity index (χ1n) is 6.76. The molecule has 0 aliphatic rings. The maximum atomic E-state index is 8.47. The van der Waals surface area contributed by atoms with E-state index in [0.29, 0.717) is 0 Å². The Hall–Kier alpha value is -1.54. The molecule has 21 heavy (non-hydrogen) atoms. The molecule has 110 valence electrons. The largest absolute Gasteiger partial charge is 0.479 e. The van der Waals surface area contributed by atoms with Crippen molar-refractivity contribution in [2.75, 3.05) is 13.2 Å². The Kier molecular flexibility index (Phi) is 6.06. The standard InChI is InChI=1S/C16H17ClN2OS/c1-12(19-10-8-15-6-7-16(17)21-15)13-2-4-14(5-3-13)20-11-9-18/h2-7,12,19H,8,10-11H2,1H3. The molecule has 1 heterocycles. The number of nitrogens with zero attached hydrogens (tertiary/aromatic N) is 1. The number of rotatable bonds is 7. The first kappa shape index (κ1) is 15.8. The molecule has 0 spiro atoms. The van der Waals surface area contributed by atoms with E-state index in [0.717, 1.165) is 23.1 Å². The number of benzene rings is 1. The van der Waals surface area contributed by atoms with E-state index in [1.807, 2.05) is 36.4 Å². The van der Waals surface area contributed by atoms with Gasteiger partial charge in [0, 0.05) is 17.5 Å². The van der Waals surface area contributed by atoms with Gasteiger partial charge in [-0.15, -0.1) is 11.3 Å². The van der Waals surface area contributed by atoms with E-state index in [1.54, 1.807) is 11.3 Å². The van der Waals surface area contributed by atoms with E-state index in [9.17, 15) is 0 Å². The summed E-state index contributed by atoms with van der Waals surface area (Å²) in [5.41, 5.74) is 1.20. The molecule has 3 nitrogen and oxygen atoms in total. The molecule has 0 fully saturated rings. The SMILES string of the molecule is CC(NCCc1ccc(Cl)s1)c1ccc(OCC#N)cc1. The van der Waals surface area contributed by atoms with Crippen LogP contribution in [0, 0.1) is 11.3 Å². The van der Waals surface area contributed by atoms with Gasteiger partial charge in [0.05, 0.1) is 4.34 Å². The molecule has 1 atom stereocenters. The van der Waals surface area contributed by atoms with Crippen LogP contribution in [0.25, 0.3) is 0 Å². The van der Waals surface area contributed by atoms with Crippen LogP contribution in [-0.2, 0) is 6.42 Å². The summed E-state index contributed by atoms with van der Waals surface area (Å²) in [4.78, 5) is 1.29. The van der Waals surface area contributed by atoms with Crippen molar-refractivity contribution in [1.82, 2.24) is 5.32 Å². The molecular weight excluding hydrogens is 304 g/mol. The zero-order chi connectivity index (χ0) is 15.1. The zero-order valence-corrected chi connectivity index (χ0v) is 13.4. The number of ether oxygens (including phenoxy) is 1. The van der Waals surface area contributed by atoms with Gasteiger partial charge in [-0.25, -0.2) is 0 Å². The summed E-state index contributed by atoms with van der Waals surface area (Å²) in [7, 11) is 0. The van der Waals surface area contributed by atoms with E-state index in [-0.39, 0.29) is 12.6 Å². The maximum absolute atomic E-state index is 8.47. The molecular formula is C16H17ClN2OS. The summed E-state index contributed by atoms with van der Waals surface area (Å²) >= 11 is 7.54. The molecule has 2 rings (SSSR count). The van der Waals surface area contributed by atoms with Crippen LogP contribution in [0.3, 0.4) is 0 Å². The van der Waals surface area contributed by atoms with Crippen LogP contribution >= 0.6 is 22.9 Å². The van der Waals surface area contributed by atoms with Gasteiger partial charge in [0.1, 0.15) is 11.8 Å². The van der Waals surface area contributed by atoms with Gasteiger partial charge in [-0.3, -0.25) is 0 Å². The fourth-order valence-corrected chi connectivity index (χ4v) is 3.07. The van der Waals surface area contributed by atoms with Gasteiger partial charge in [0.25, 0.3) is 0 Å². The molecule has 0 saturated carbocycles. The van der Waals surface area contributed by atoms with E-state index in [4.69, 9.17) is 21.6 Å². The van der Waals surface area contributed by atoms with Crippen molar-refractivity contribution >= 4 is 22.9 Å². The van der Waals surface area contributed by atoms with Crippen molar-refractivity contribution in [2.24, 2.45) is 0 Å². The molecule has 2 aromatic rings. The van der Waals surface area contributed by atoms with Gasteiger partial charge in [-0.2, -0.15) is 5.26 Å². The third kappa shape index (κ3) is 5.05. The minimum Gasteiger partial charge on any atom is -0.479 e. The highest BCUT2D eigenvalue weighted by Crippen LogP contribution is 2.22. The molecule has 0 bridgehead atoms. The van der Waals surface area contributed by atoms with Gasteiger partial charge in [0.2, 0.25) is 0 Å². The van der Waals surface area contributed by atoms with Crippen LogP contribution in [-0.4, -0.2) is 13.2 Å². The lowest BCUT2D eigenvalue weighted by molar-refractivity contribution is 0.368. The average molecular weight is 321 g/mol. The highest BCUT2D eigenvalue weighted by atomic mass is 35.5. The van der Waals surface area contributed by atoms with Crippen LogP contribution in [0.15, 0.2) is 36.4 Å². The van der Waals surface area contributed by atoms with Gasteiger partial charge in [0.15, 0.2) is 6.61 Å². The zero-order valence-electron chi connectivity index (χ0n) is 11.8. The normalized spacial score (nSPS) is 11.9. The number of nitrogens with one attached hydrogen (secondary N) is 1. The van der Waals surface area contributed by atoms with Gasteiger partial charge >= 0.3 is 0 Å². The average Bonchev–Trinajstić information content (AvgIpc) is 2.91. The first-order chi connectivity index (χ1) is 10.2. The van der Waals surface area contributed by atoms with E-state index in [1.165, 1.54) is 10.4 Å². The third-order valence-corrected chi connectivity index (χ3v) is 4.43. The molecule has 0 aliphatic heterocycles. The van der Waals surface area contributed by atoms with Crippen LogP contribution in [0.1, 0.15) is 23.4 Å². The molecule has 1 unspecified atom stereocenters. The first-order valence-corrected chi connectivity index (χ1v) is 7.96. The Morgan fingerprint density at radius 3 is 2.67 bits per heavy atom. The number of nitriles is 1. The van der Waals surface area contributed by atoms with Gasteiger partial charge < -0.3 is 10.1 Å². The van der Waals surface area contributed by atoms with Crippen molar-refractivity contribution in [1.29, 1.82) is 5.26 Å². The van der Waals surface area contributed by atoms with Crippen molar-refractivity contribution in [3.63, 3.8) is 0 Å².